The molecule has 1 heterocycles. The van der Waals surface area contributed by atoms with E-state index in [1.54, 1.807) is 6.92 Å². The van der Waals surface area contributed by atoms with Crippen molar-refractivity contribution in [2.45, 2.75) is 39.2 Å². The summed E-state index contributed by atoms with van der Waals surface area (Å²) in [6.45, 7) is 1.64. The molecule has 23 heavy (non-hydrogen) atoms. The number of aromatic nitrogens is 2. The van der Waals surface area contributed by atoms with Gasteiger partial charge in [0, 0.05) is 17.0 Å². The number of carbonyl (C=O) groups excluding carboxylic acids is 1. The van der Waals surface area contributed by atoms with Gasteiger partial charge in [0.15, 0.2) is 0 Å². The Morgan fingerprint density at radius 1 is 1.30 bits per heavy atom. The van der Waals surface area contributed by atoms with Crippen LogP contribution in [0.3, 0.4) is 0 Å². The van der Waals surface area contributed by atoms with E-state index in [9.17, 15) is 14.4 Å². The second kappa shape index (κ2) is 5.91. The average molecular weight is 317 g/mol. The molecule has 0 saturated heterocycles. The number of rotatable bonds is 3. The molecule has 7 nitrogen and oxygen atoms in total. The van der Waals surface area contributed by atoms with Crippen LogP contribution in [0.4, 0.5) is 0 Å². The van der Waals surface area contributed by atoms with Crippen LogP contribution in [0.25, 0.3) is 5.57 Å². The van der Waals surface area contributed by atoms with E-state index < -0.39 is 17.1 Å². The first-order valence-corrected chi connectivity index (χ1v) is 7.71. The predicted molar refractivity (Wildman–Crippen MR) is 84.7 cm³/mol. The Bertz CT molecular complexity index is 842. The summed E-state index contributed by atoms with van der Waals surface area (Å²) in [5.41, 5.74) is 8.53. The summed E-state index contributed by atoms with van der Waals surface area (Å²) < 4.78 is 6.14. The summed E-state index contributed by atoms with van der Waals surface area (Å²) in [6, 6.07) is 0. The molecule has 7 heteroatoms. The first-order chi connectivity index (χ1) is 11.0. The van der Waals surface area contributed by atoms with Gasteiger partial charge in [-0.1, -0.05) is 5.57 Å². The van der Waals surface area contributed by atoms with Crippen molar-refractivity contribution in [3.05, 3.63) is 49.4 Å². The SMILES string of the molecule is CCOC(=O)Cn1c2c([nH]c(=O)c1=O)CCC1=C2C=C(N)CC1. The number of nitrogens with one attached hydrogen (secondary N) is 1. The summed E-state index contributed by atoms with van der Waals surface area (Å²) in [6.07, 6.45) is 4.93. The number of aromatic amines is 1. The molecule has 1 aromatic rings. The van der Waals surface area contributed by atoms with Crippen molar-refractivity contribution >= 4 is 11.5 Å². The number of carbonyl (C=O) groups is 1. The second-order valence-electron chi connectivity index (χ2n) is 5.71. The zero-order valence-corrected chi connectivity index (χ0v) is 13.0. The van der Waals surface area contributed by atoms with Crippen LogP contribution < -0.4 is 16.9 Å². The summed E-state index contributed by atoms with van der Waals surface area (Å²) >= 11 is 0. The minimum atomic E-state index is -0.747. The highest BCUT2D eigenvalue weighted by molar-refractivity contribution is 5.80. The van der Waals surface area contributed by atoms with E-state index in [0.29, 0.717) is 17.8 Å². The van der Waals surface area contributed by atoms with E-state index >= 15 is 0 Å². The van der Waals surface area contributed by atoms with Crippen molar-refractivity contribution in [1.82, 2.24) is 9.55 Å². The Hall–Kier alpha value is -2.57. The van der Waals surface area contributed by atoms with Gasteiger partial charge >= 0.3 is 17.1 Å². The fourth-order valence-electron chi connectivity index (χ4n) is 3.17. The molecule has 0 spiro atoms. The van der Waals surface area contributed by atoms with Crippen molar-refractivity contribution in [3.8, 4) is 0 Å². The Kier molecular flexibility index (Phi) is 3.94. The molecular weight excluding hydrogens is 298 g/mol. The average Bonchev–Trinajstić information content (AvgIpc) is 2.51. The van der Waals surface area contributed by atoms with Gasteiger partial charge in [-0.25, -0.2) is 0 Å². The maximum absolute atomic E-state index is 12.3. The number of nitrogens with zero attached hydrogens (tertiary/aromatic N) is 1. The smallest absolute Gasteiger partial charge is 0.326 e. The number of nitrogens with two attached hydrogens (primary N) is 1. The van der Waals surface area contributed by atoms with Gasteiger partial charge < -0.3 is 15.5 Å². The van der Waals surface area contributed by atoms with Gasteiger partial charge in [0.1, 0.15) is 6.54 Å². The van der Waals surface area contributed by atoms with Crippen molar-refractivity contribution < 1.29 is 9.53 Å². The summed E-state index contributed by atoms with van der Waals surface area (Å²) in [7, 11) is 0. The number of aryl methyl sites for hydroxylation is 1. The number of fused-ring (bicyclic) bond motifs is 2. The van der Waals surface area contributed by atoms with Crippen LogP contribution in [0, 0.1) is 0 Å². The number of H-pyrrole nitrogens is 1. The number of ether oxygens (including phenoxy) is 1. The first-order valence-electron chi connectivity index (χ1n) is 7.71. The van der Waals surface area contributed by atoms with Crippen molar-refractivity contribution in [2.75, 3.05) is 6.61 Å². The lowest BCUT2D eigenvalue weighted by Crippen LogP contribution is -2.41. The molecule has 0 saturated carbocycles. The van der Waals surface area contributed by atoms with E-state index in [1.807, 2.05) is 6.08 Å². The molecule has 3 N–H and O–H groups in total. The van der Waals surface area contributed by atoms with Crippen LogP contribution in [0.2, 0.25) is 0 Å². The minimum absolute atomic E-state index is 0.222. The molecule has 0 aromatic carbocycles. The molecule has 0 amide bonds. The molecule has 2 aliphatic carbocycles. The molecule has 3 rings (SSSR count). The van der Waals surface area contributed by atoms with Gasteiger partial charge in [0.25, 0.3) is 0 Å². The molecule has 1 aromatic heterocycles. The number of allylic oxidation sites excluding steroid dienone is 4. The Balaban J connectivity index is 2.19. The van der Waals surface area contributed by atoms with Gasteiger partial charge in [-0.2, -0.15) is 0 Å². The summed E-state index contributed by atoms with van der Waals surface area (Å²) in [5.74, 6) is -0.539. The molecule has 0 radical (unpaired) electrons. The Morgan fingerprint density at radius 2 is 2.04 bits per heavy atom. The van der Waals surface area contributed by atoms with Crippen LogP contribution in [0.1, 0.15) is 37.6 Å². The largest absolute Gasteiger partial charge is 0.465 e. The third-order valence-electron chi connectivity index (χ3n) is 4.21. The Morgan fingerprint density at radius 3 is 2.78 bits per heavy atom. The van der Waals surface area contributed by atoms with Crippen molar-refractivity contribution in [2.24, 2.45) is 5.73 Å². The molecule has 0 fully saturated rings. The highest BCUT2D eigenvalue weighted by atomic mass is 16.5. The number of hydrogen-bond donors (Lipinski definition) is 2. The third kappa shape index (κ3) is 2.74. The Labute approximate surface area is 132 Å². The standard InChI is InChI=1S/C16H19N3O4/c1-2-23-13(20)8-19-14-11-7-10(17)5-3-9(11)4-6-12(14)18-15(21)16(19)22/h7H,2-6,8,17H2,1H3,(H,18,21). The topological polar surface area (TPSA) is 107 Å². The molecule has 0 unspecified atom stereocenters. The quantitative estimate of drug-likeness (QED) is 0.621. The molecular formula is C16H19N3O4. The van der Waals surface area contributed by atoms with Gasteiger partial charge in [-0.15, -0.1) is 0 Å². The summed E-state index contributed by atoms with van der Waals surface area (Å²) in [4.78, 5) is 38.6. The second-order valence-corrected chi connectivity index (χ2v) is 5.71. The van der Waals surface area contributed by atoms with Crippen LogP contribution in [0.5, 0.6) is 0 Å². The van der Waals surface area contributed by atoms with Gasteiger partial charge in [-0.05, 0) is 38.7 Å². The highest BCUT2D eigenvalue weighted by Crippen LogP contribution is 2.36. The third-order valence-corrected chi connectivity index (χ3v) is 4.21. The van der Waals surface area contributed by atoms with E-state index in [-0.39, 0.29) is 13.2 Å². The zero-order chi connectivity index (χ0) is 16.6. The van der Waals surface area contributed by atoms with Crippen LogP contribution in [0.15, 0.2) is 26.9 Å². The van der Waals surface area contributed by atoms with Gasteiger partial charge in [0.2, 0.25) is 0 Å². The molecule has 0 atom stereocenters. The summed E-state index contributed by atoms with van der Waals surface area (Å²) in [5, 5.41) is 0. The van der Waals surface area contributed by atoms with E-state index in [1.165, 1.54) is 10.1 Å². The van der Waals surface area contributed by atoms with E-state index in [2.05, 4.69) is 4.98 Å². The lowest BCUT2D eigenvalue weighted by Gasteiger charge is -2.27. The van der Waals surface area contributed by atoms with E-state index in [0.717, 1.165) is 30.5 Å². The molecule has 0 bridgehead atoms. The monoisotopic (exact) mass is 317 g/mol. The fraction of sp³-hybridized carbons (Fsp3) is 0.438. The molecule has 0 aliphatic heterocycles. The normalized spacial score (nSPS) is 16.5. The van der Waals surface area contributed by atoms with Crippen LogP contribution >= 0.6 is 0 Å². The molecule has 122 valence electrons. The van der Waals surface area contributed by atoms with E-state index in [4.69, 9.17) is 10.5 Å². The maximum atomic E-state index is 12.3. The fourth-order valence-corrected chi connectivity index (χ4v) is 3.17. The highest BCUT2D eigenvalue weighted by Gasteiger charge is 2.26. The van der Waals surface area contributed by atoms with Gasteiger partial charge in [-0.3, -0.25) is 19.0 Å². The van der Waals surface area contributed by atoms with Crippen molar-refractivity contribution in [1.29, 1.82) is 0 Å². The maximum Gasteiger partial charge on any atom is 0.326 e. The zero-order valence-electron chi connectivity index (χ0n) is 13.0. The first kappa shape index (κ1) is 15.3. The lowest BCUT2D eigenvalue weighted by atomic mass is 9.85. The number of hydrogen-bond acceptors (Lipinski definition) is 5. The van der Waals surface area contributed by atoms with Crippen LogP contribution in [-0.4, -0.2) is 22.1 Å². The minimum Gasteiger partial charge on any atom is -0.465 e. The lowest BCUT2D eigenvalue weighted by molar-refractivity contribution is -0.143. The molecule has 2 aliphatic rings. The predicted octanol–water partition coefficient (Wildman–Crippen LogP) is 0.436. The van der Waals surface area contributed by atoms with Crippen molar-refractivity contribution in [3.63, 3.8) is 0 Å². The van der Waals surface area contributed by atoms with Gasteiger partial charge in [0.05, 0.1) is 12.3 Å². The number of esters is 1. The van der Waals surface area contributed by atoms with Crippen LogP contribution in [-0.2, 0) is 22.5 Å².